The van der Waals surface area contributed by atoms with Gasteiger partial charge < -0.3 is 4.90 Å². The van der Waals surface area contributed by atoms with Crippen LogP contribution in [0.3, 0.4) is 0 Å². The first kappa shape index (κ1) is 23.1. The van der Waals surface area contributed by atoms with Crippen LogP contribution in [0.25, 0.3) is 0 Å². The highest BCUT2D eigenvalue weighted by atomic mass is 16.5. The van der Waals surface area contributed by atoms with Crippen molar-refractivity contribution in [3.05, 3.63) is 23.9 Å². The van der Waals surface area contributed by atoms with Crippen LogP contribution in [0.5, 0.6) is 0 Å². The van der Waals surface area contributed by atoms with Gasteiger partial charge in [0, 0.05) is 32.7 Å². The van der Waals surface area contributed by atoms with Gasteiger partial charge in [-0.3, -0.25) is 30.5 Å². The Hall–Kier alpha value is -2.23. The fraction of sp³-hybridized carbons (Fsp3) is 0.650. The average molecular weight is 407 g/mol. The standard InChI is InChI=1S/C20H34N6O3/c1-3-4-5-7-17(14-26(29)16-27)20(28)23-22-19-9-6-8-18(21-19)15-25-12-10-24(2)11-13-25/h6,8-9,16-17,29H,3-5,7,10-15H2,1-2H3,(H,21,22)(H,23,28). The Morgan fingerprint density at radius 1 is 1.31 bits per heavy atom. The number of carbonyl (C=O) groups excluding carboxylic acids is 2. The van der Waals surface area contributed by atoms with Gasteiger partial charge in [0.25, 0.3) is 0 Å². The number of hydroxylamine groups is 2. The largest absolute Gasteiger partial charge is 0.304 e. The molecular weight excluding hydrogens is 372 g/mol. The Balaban J connectivity index is 1.87. The van der Waals surface area contributed by atoms with E-state index in [1.807, 2.05) is 12.1 Å². The van der Waals surface area contributed by atoms with Crippen molar-refractivity contribution >= 4 is 18.1 Å². The number of anilines is 1. The molecule has 3 N–H and O–H groups in total. The predicted molar refractivity (Wildman–Crippen MR) is 111 cm³/mol. The van der Waals surface area contributed by atoms with Gasteiger partial charge in [0.1, 0.15) is 5.82 Å². The van der Waals surface area contributed by atoms with Crippen LogP contribution in [0, 0.1) is 5.92 Å². The predicted octanol–water partition coefficient (Wildman–Crippen LogP) is 1.32. The molecule has 0 aliphatic carbocycles. The zero-order chi connectivity index (χ0) is 21.1. The zero-order valence-corrected chi connectivity index (χ0v) is 17.5. The lowest BCUT2D eigenvalue weighted by Crippen LogP contribution is -2.44. The molecule has 0 bridgehead atoms. The molecule has 1 fully saturated rings. The van der Waals surface area contributed by atoms with E-state index in [2.05, 4.69) is 39.6 Å². The number of amides is 2. The van der Waals surface area contributed by atoms with Gasteiger partial charge in [-0.2, -0.15) is 0 Å². The van der Waals surface area contributed by atoms with Crippen LogP contribution in [-0.2, 0) is 16.1 Å². The Bertz CT molecular complexity index is 636. The van der Waals surface area contributed by atoms with E-state index in [4.69, 9.17) is 0 Å². The monoisotopic (exact) mass is 406 g/mol. The lowest BCUT2D eigenvalue weighted by Gasteiger charge is -2.32. The topological polar surface area (TPSA) is 101 Å². The van der Waals surface area contributed by atoms with Gasteiger partial charge in [-0.25, -0.2) is 10.0 Å². The van der Waals surface area contributed by atoms with E-state index in [0.29, 0.717) is 23.7 Å². The maximum absolute atomic E-state index is 12.5. The fourth-order valence-corrected chi connectivity index (χ4v) is 3.31. The Morgan fingerprint density at radius 3 is 2.76 bits per heavy atom. The number of carbonyl (C=O) groups is 2. The van der Waals surface area contributed by atoms with E-state index in [9.17, 15) is 14.8 Å². The van der Waals surface area contributed by atoms with E-state index in [-0.39, 0.29) is 12.5 Å². The van der Waals surface area contributed by atoms with E-state index in [1.165, 1.54) is 0 Å². The molecule has 1 aromatic heterocycles. The third-order valence-electron chi connectivity index (χ3n) is 5.16. The SMILES string of the molecule is CCCCCC(CN(O)C=O)C(=O)NNc1cccc(CN2CCN(C)CC2)n1. The lowest BCUT2D eigenvalue weighted by atomic mass is 10.0. The first-order valence-corrected chi connectivity index (χ1v) is 10.3. The van der Waals surface area contributed by atoms with Gasteiger partial charge in [0.05, 0.1) is 18.2 Å². The smallest absolute Gasteiger partial charge is 0.243 e. The highest BCUT2D eigenvalue weighted by Crippen LogP contribution is 2.12. The van der Waals surface area contributed by atoms with E-state index in [0.717, 1.165) is 57.7 Å². The Kier molecular flexibility index (Phi) is 9.82. The molecule has 2 amide bonds. The highest BCUT2D eigenvalue weighted by Gasteiger charge is 2.21. The summed E-state index contributed by atoms with van der Waals surface area (Å²) in [7, 11) is 2.13. The van der Waals surface area contributed by atoms with Crippen molar-refractivity contribution in [2.75, 3.05) is 45.2 Å². The number of piperazine rings is 1. The molecule has 9 heteroatoms. The molecule has 0 radical (unpaired) electrons. The van der Waals surface area contributed by atoms with E-state index in [1.54, 1.807) is 6.07 Å². The van der Waals surface area contributed by atoms with Crippen LogP contribution in [0.4, 0.5) is 5.82 Å². The summed E-state index contributed by atoms with van der Waals surface area (Å²) in [5.41, 5.74) is 6.47. The van der Waals surface area contributed by atoms with Gasteiger partial charge in [0.15, 0.2) is 0 Å². The summed E-state index contributed by atoms with van der Waals surface area (Å²) in [6.45, 7) is 6.96. The van der Waals surface area contributed by atoms with Gasteiger partial charge in [-0.05, 0) is 25.6 Å². The van der Waals surface area contributed by atoms with Gasteiger partial charge in [0.2, 0.25) is 12.3 Å². The van der Waals surface area contributed by atoms with Crippen molar-refractivity contribution in [1.82, 2.24) is 25.3 Å². The molecule has 1 saturated heterocycles. The van der Waals surface area contributed by atoms with Crippen molar-refractivity contribution in [2.45, 2.75) is 39.2 Å². The Morgan fingerprint density at radius 2 is 2.07 bits per heavy atom. The molecule has 162 valence electrons. The summed E-state index contributed by atoms with van der Waals surface area (Å²) in [4.78, 5) is 32.5. The van der Waals surface area contributed by atoms with Crippen LogP contribution in [-0.4, -0.2) is 77.1 Å². The number of rotatable bonds is 12. The third-order valence-corrected chi connectivity index (χ3v) is 5.16. The van der Waals surface area contributed by atoms with Crippen LogP contribution in [0.2, 0.25) is 0 Å². The molecule has 2 heterocycles. The van der Waals surface area contributed by atoms with Crippen molar-refractivity contribution in [1.29, 1.82) is 0 Å². The molecule has 1 aliphatic rings. The fourth-order valence-electron chi connectivity index (χ4n) is 3.31. The summed E-state index contributed by atoms with van der Waals surface area (Å²) in [6, 6.07) is 5.68. The van der Waals surface area contributed by atoms with E-state index >= 15 is 0 Å². The maximum atomic E-state index is 12.5. The summed E-state index contributed by atoms with van der Waals surface area (Å²) < 4.78 is 0. The number of nitrogens with one attached hydrogen (secondary N) is 2. The van der Waals surface area contributed by atoms with Gasteiger partial charge in [-0.15, -0.1) is 0 Å². The van der Waals surface area contributed by atoms with Crippen LogP contribution in [0.15, 0.2) is 18.2 Å². The first-order chi connectivity index (χ1) is 14.0. The molecule has 1 aliphatic heterocycles. The minimum atomic E-state index is -0.488. The second-order valence-electron chi connectivity index (χ2n) is 7.63. The van der Waals surface area contributed by atoms with Crippen LogP contribution >= 0.6 is 0 Å². The highest BCUT2D eigenvalue weighted by molar-refractivity contribution is 5.80. The van der Waals surface area contributed by atoms with Crippen LogP contribution in [0.1, 0.15) is 38.3 Å². The average Bonchev–Trinajstić information content (AvgIpc) is 2.73. The number of hydrogen-bond donors (Lipinski definition) is 3. The molecule has 9 nitrogen and oxygen atoms in total. The molecule has 0 saturated carbocycles. The third kappa shape index (κ3) is 8.35. The molecular formula is C20H34N6O3. The second kappa shape index (κ2) is 12.4. The minimum absolute atomic E-state index is 0.0302. The zero-order valence-electron chi connectivity index (χ0n) is 17.5. The molecule has 1 unspecified atom stereocenters. The number of pyridine rings is 1. The number of hydrazine groups is 1. The number of unbranched alkanes of at least 4 members (excludes halogenated alkanes) is 2. The Labute approximate surface area is 173 Å². The number of hydrogen-bond acceptors (Lipinski definition) is 7. The summed E-state index contributed by atoms with van der Waals surface area (Å²) in [5, 5.41) is 9.99. The number of aromatic nitrogens is 1. The van der Waals surface area contributed by atoms with Crippen molar-refractivity contribution in [3.63, 3.8) is 0 Å². The van der Waals surface area contributed by atoms with Crippen molar-refractivity contribution in [3.8, 4) is 0 Å². The number of likely N-dealkylation sites (N-methyl/N-ethyl adjacent to an activating group) is 1. The van der Waals surface area contributed by atoms with Crippen molar-refractivity contribution < 1.29 is 14.8 Å². The lowest BCUT2D eigenvalue weighted by molar-refractivity contribution is -0.154. The van der Waals surface area contributed by atoms with Gasteiger partial charge in [-0.1, -0.05) is 32.3 Å². The summed E-state index contributed by atoms with van der Waals surface area (Å²) >= 11 is 0. The second-order valence-corrected chi connectivity index (χ2v) is 7.63. The molecule has 0 aromatic carbocycles. The number of nitrogens with zero attached hydrogens (tertiary/aromatic N) is 4. The molecule has 1 atom stereocenters. The van der Waals surface area contributed by atoms with Crippen LogP contribution < -0.4 is 10.9 Å². The molecule has 0 spiro atoms. The summed E-state index contributed by atoms with van der Waals surface area (Å²) in [6.07, 6.45) is 3.81. The summed E-state index contributed by atoms with van der Waals surface area (Å²) in [5.74, 6) is -0.195. The quantitative estimate of drug-likeness (QED) is 0.208. The van der Waals surface area contributed by atoms with E-state index < -0.39 is 5.92 Å². The minimum Gasteiger partial charge on any atom is -0.304 e. The van der Waals surface area contributed by atoms with Gasteiger partial charge >= 0.3 is 0 Å². The van der Waals surface area contributed by atoms with Crippen molar-refractivity contribution in [2.24, 2.45) is 5.92 Å². The maximum Gasteiger partial charge on any atom is 0.243 e. The first-order valence-electron chi connectivity index (χ1n) is 10.3. The molecule has 1 aromatic rings. The normalized spacial score (nSPS) is 16.2. The molecule has 2 rings (SSSR count). The molecule has 29 heavy (non-hydrogen) atoms.